The Labute approximate surface area is 148 Å². The number of nitrogens with one attached hydrogen (secondary N) is 1. The minimum absolute atomic E-state index is 0.0918. The Morgan fingerprint density at radius 3 is 2.60 bits per heavy atom. The smallest absolute Gasteiger partial charge is 0.320 e. The average Bonchev–Trinajstić information content (AvgIpc) is 2.92. The zero-order chi connectivity index (χ0) is 18.0. The van der Waals surface area contributed by atoms with E-state index in [2.05, 4.69) is 5.32 Å². The predicted molar refractivity (Wildman–Crippen MR) is 91.3 cm³/mol. The molecule has 0 spiro atoms. The molecule has 0 aromatic carbocycles. The second-order valence-electron chi connectivity index (χ2n) is 7.66. The summed E-state index contributed by atoms with van der Waals surface area (Å²) in [6, 6.07) is 0.263. The van der Waals surface area contributed by atoms with Crippen molar-refractivity contribution < 1.29 is 19.5 Å². The topological polar surface area (TPSA) is 93.2 Å². The molecule has 3 aliphatic heterocycles. The van der Waals surface area contributed by atoms with Crippen molar-refractivity contribution >= 4 is 18.0 Å². The first kappa shape index (κ1) is 17.8. The SMILES string of the molecule is CC1(C(=O)O)CCN(C(=O)NCCN2CC3CCCCN3C2=O)CC1. The lowest BCUT2D eigenvalue weighted by molar-refractivity contribution is -0.150. The van der Waals surface area contributed by atoms with Gasteiger partial charge in [0.2, 0.25) is 0 Å². The molecule has 4 amide bonds. The summed E-state index contributed by atoms with van der Waals surface area (Å²) < 4.78 is 0. The first-order valence-electron chi connectivity index (χ1n) is 9.22. The third kappa shape index (κ3) is 3.67. The van der Waals surface area contributed by atoms with E-state index in [9.17, 15) is 19.5 Å². The number of nitrogens with zero attached hydrogens (tertiary/aromatic N) is 3. The van der Waals surface area contributed by atoms with Crippen LogP contribution in [-0.2, 0) is 4.79 Å². The van der Waals surface area contributed by atoms with E-state index in [1.165, 1.54) is 6.42 Å². The number of aliphatic carboxylic acids is 1. The summed E-state index contributed by atoms with van der Waals surface area (Å²) in [6.07, 6.45) is 4.28. The first-order chi connectivity index (χ1) is 11.9. The van der Waals surface area contributed by atoms with Crippen molar-refractivity contribution in [3.63, 3.8) is 0 Å². The molecule has 3 heterocycles. The number of rotatable bonds is 4. The Kier molecular flexibility index (Phi) is 5.06. The summed E-state index contributed by atoms with van der Waals surface area (Å²) in [7, 11) is 0. The van der Waals surface area contributed by atoms with Crippen LogP contribution in [0.3, 0.4) is 0 Å². The van der Waals surface area contributed by atoms with Crippen molar-refractivity contribution in [1.29, 1.82) is 0 Å². The number of piperidine rings is 2. The van der Waals surface area contributed by atoms with Gasteiger partial charge in [0, 0.05) is 39.3 Å². The van der Waals surface area contributed by atoms with Crippen molar-refractivity contribution in [3.05, 3.63) is 0 Å². The van der Waals surface area contributed by atoms with Gasteiger partial charge in [0.1, 0.15) is 0 Å². The maximum absolute atomic E-state index is 12.3. The molecule has 3 saturated heterocycles. The van der Waals surface area contributed by atoms with Gasteiger partial charge < -0.3 is 25.1 Å². The molecule has 0 saturated carbocycles. The van der Waals surface area contributed by atoms with E-state index in [4.69, 9.17) is 0 Å². The predicted octanol–water partition coefficient (Wildman–Crippen LogP) is 1.17. The molecule has 3 aliphatic rings. The fourth-order valence-electron chi connectivity index (χ4n) is 3.97. The minimum atomic E-state index is -0.795. The summed E-state index contributed by atoms with van der Waals surface area (Å²) >= 11 is 0. The summed E-state index contributed by atoms with van der Waals surface area (Å²) in [5.41, 5.74) is -0.733. The third-order valence-electron chi connectivity index (χ3n) is 5.90. The van der Waals surface area contributed by atoms with E-state index in [0.29, 0.717) is 45.1 Å². The highest BCUT2D eigenvalue weighted by Gasteiger charge is 2.39. The number of fused-ring (bicyclic) bond motifs is 1. The average molecular weight is 352 g/mol. The number of carboxylic acids is 1. The summed E-state index contributed by atoms with van der Waals surface area (Å²) in [5, 5.41) is 12.1. The summed E-state index contributed by atoms with van der Waals surface area (Å²) in [4.78, 5) is 41.3. The van der Waals surface area contributed by atoms with Crippen LogP contribution in [0.25, 0.3) is 0 Å². The molecular weight excluding hydrogens is 324 g/mol. The molecule has 1 atom stereocenters. The molecule has 8 heteroatoms. The minimum Gasteiger partial charge on any atom is -0.481 e. The monoisotopic (exact) mass is 352 g/mol. The maximum atomic E-state index is 12.3. The Morgan fingerprint density at radius 1 is 1.24 bits per heavy atom. The van der Waals surface area contributed by atoms with E-state index in [0.717, 1.165) is 25.9 Å². The number of carbonyl (C=O) groups excluding carboxylic acids is 2. The second-order valence-corrected chi connectivity index (χ2v) is 7.66. The molecule has 0 radical (unpaired) electrons. The highest BCUT2D eigenvalue weighted by atomic mass is 16.4. The first-order valence-corrected chi connectivity index (χ1v) is 9.22. The quantitative estimate of drug-likeness (QED) is 0.794. The number of carboxylic acid groups (broad SMARTS) is 1. The van der Waals surface area contributed by atoms with Crippen LogP contribution in [0.1, 0.15) is 39.0 Å². The molecule has 0 aliphatic carbocycles. The van der Waals surface area contributed by atoms with E-state index >= 15 is 0 Å². The van der Waals surface area contributed by atoms with Crippen LogP contribution in [0, 0.1) is 5.41 Å². The molecule has 3 rings (SSSR count). The normalized spacial score (nSPS) is 25.7. The van der Waals surface area contributed by atoms with Gasteiger partial charge in [0.15, 0.2) is 0 Å². The number of urea groups is 2. The van der Waals surface area contributed by atoms with E-state index in [1.807, 2.05) is 9.80 Å². The van der Waals surface area contributed by atoms with Crippen LogP contribution in [0.15, 0.2) is 0 Å². The number of likely N-dealkylation sites (tertiary alicyclic amines) is 1. The summed E-state index contributed by atoms with van der Waals surface area (Å²) in [5.74, 6) is -0.795. The van der Waals surface area contributed by atoms with Crippen LogP contribution in [0.4, 0.5) is 9.59 Å². The Morgan fingerprint density at radius 2 is 1.96 bits per heavy atom. The van der Waals surface area contributed by atoms with Crippen molar-refractivity contribution in [2.24, 2.45) is 5.41 Å². The van der Waals surface area contributed by atoms with Gasteiger partial charge in [0.05, 0.1) is 11.5 Å². The van der Waals surface area contributed by atoms with Crippen LogP contribution in [0.2, 0.25) is 0 Å². The largest absolute Gasteiger partial charge is 0.481 e. The third-order valence-corrected chi connectivity index (χ3v) is 5.90. The number of amides is 4. The lowest BCUT2D eigenvalue weighted by atomic mass is 9.80. The van der Waals surface area contributed by atoms with Gasteiger partial charge in [-0.25, -0.2) is 9.59 Å². The van der Waals surface area contributed by atoms with Gasteiger partial charge in [-0.15, -0.1) is 0 Å². The lowest BCUT2D eigenvalue weighted by Crippen LogP contribution is -2.49. The molecule has 140 valence electrons. The highest BCUT2D eigenvalue weighted by Crippen LogP contribution is 2.31. The van der Waals surface area contributed by atoms with Crippen molar-refractivity contribution in [2.45, 2.75) is 45.1 Å². The van der Waals surface area contributed by atoms with E-state index in [1.54, 1.807) is 11.8 Å². The molecule has 8 nitrogen and oxygen atoms in total. The Bertz CT molecular complexity index is 545. The highest BCUT2D eigenvalue weighted by molar-refractivity contribution is 5.78. The van der Waals surface area contributed by atoms with Gasteiger partial charge in [-0.05, 0) is 39.0 Å². The van der Waals surface area contributed by atoms with Crippen molar-refractivity contribution in [2.75, 3.05) is 39.3 Å². The standard InChI is InChI=1S/C17H28N4O4/c1-17(14(22)23)5-9-19(10-6-17)15(24)18-7-11-20-12-13-4-2-3-8-21(13)16(20)25/h13H,2-12H2,1H3,(H,18,24)(H,22,23). The van der Waals surface area contributed by atoms with Gasteiger partial charge >= 0.3 is 18.0 Å². The van der Waals surface area contributed by atoms with Gasteiger partial charge in [-0.2, -0.15) is 0 Å². The van der Waals surface area contributed by atoms with E-state index in [-0.39, 0.29) is 12.1 Å². The van der Waals surface area contributed by atoms with Crippen LogP contribution >= 0.6 is 0 Å². The number of hydrogen-bond donors (Lipinski definition) is 2. The zero-order valence-corrected chi connectivity index (χ0v) is 14.9. The fourth-order valence-corrected chi connectivity index (χ4v) is 3.97. The molecule has 0 bridgehead atoms. The molecular formula is C17H28N4O4. The van der Waals surface area contributed by atoms with Crippen molar-refractivity contribution in [3.8, 4) is 0 Å². The van der Waals surface area contributed by atoms with Crippen LogP contribution < -0.4 is 5.32 Å². The number of hydrogen-bond acceptors (Lipinski definition) is 3. The number of carbonyl (C=O) groups is 3. The van der Waals surface area contributed by atoms with Gasteiger partial charge in [-0.3, -0.25) is 4.79 Å². The zero-order valence-electron chi connectivity index (χ0n) is 14.9. The molecule has 0 aromatic rings. The molecule has 1 unspecified atom stereocenters. The van der Waals surface area contributed by atoms with Gasteiger partial charge in [-0.1, -0.05) is 0 Å². The Balaban J connectivity index is 1.40. The molecule has 0 aromatic heterocycles. The Hall–Kier alpha value is -1.99. The molecule has 3 fully saturated rings. The molecule has 25 heavy (non-hydrogen) atoms. The second kappa shape index (κ2) is 7.09. The van der Waals surface area contributed by atoms with Crippen LogP contribution in [0.5, 0.6) is 0 Å². The maximum Gasteiger partial charge on any atom is 0.320 e. The summed E-state index contributed by atoms with van der Waals surface area (Å²) in [6.45, 7) is 5.20. The lowest BCUT2D eigenvalue weighted by Gasteiger charge is -2.36. The fraction of sp³-hybridized carbons (Fsp3) is 0.824. The van der Waals surface area contributed by atoms with Gasteiger partial charge in [0.25, 0.3) is 0 Å². The van der Waals surface area contributed by atoms with Crippen molar-refractivity contribution in [1.82, 2.24) is 20.0 Å². The van der Waals surface area contributed by atoms with Crippen LogP contribution in [-0.4, -0.2) is 83.1 Å². The molecule has 2 N–H and O–H groups in total. The van der Waals surface area contributed by atoms with E-state index < -0.39 is 11.4 Å².